The smallest absolute Gasteiger partial charge is 0.381 e. The van der Waals surface area contributed by atoms with Crippen LogP contribution >= 0.6 is 0 Å². The van der Waals surface area contributed by atoms with Gasteiger partial charge in [0.1, 0.15) is 0 Å². The van der Waals surface area contributed by atoms with E-state index < -0.39 is 5.97 Å². The average molecular weight is 197 g/mol. The van der Waals surface area contributed by atoms with E-state index in [1.54, 1.807) is 7.11 Å². The fourth-order valence-electron chi connectivity index (χ4n) is 1.70. The molecule has 0 spiro atoms. The number of carbonyl (C=O) groups is 1. The predicted molar refractivity (Wildman–Crippen MR) is 51.9 cm³/mol. The molecule has 0 radical (unpaired) electrons. The van der Waals surface area contributed by atoms with Crippen LogP contribution in [0.4, 0.5) is 0 Å². The zero-order chi connectivity index (χ0) is 10.4. The van der Waals surface area contributed by atoms with Crippen LogP contribution in [-0.2, 0) is 9.53 Å². The molecule has 1 heterocycles. The number of likely N-dealkylation sites (tertiary alicyclic amines) is 1. The van der Waals surface area contributed by atoms with E-state index in [2.05, 4.69) is 16.7 Å². The van der Waals surface area contributed by atoms with Crippen molar-refractivity contribution in [3.8, 4) is 11.8 Å². The molecule has 78 valence electrons. The molecule has 4 heteroatoms. The van der Waals surface area contributed by atoms with E-state index in [1.165, 1.54) is 0 Å². The third-order valence-corrected chi connectivity index (χ3v) is 2.34. The highest BCUT2D eigenvalue weighted by molar-refractivity contribution is 5.86. The number of carboxylic acids is 1. The van der Waals surface area contributed by atoms with Gasteiger partial charge in [0, 0.05) is 19.1 Å². The number of methoxy groups -OCH3 is 1. The number of hydrogen-bond donors (Lipinski definition) is 1. The van der Waals surface area contributed by atoms with Gasteiger partial charge in [0.05, 0.1) is 13.2 Å². The van der Waals surface area contributed by atoms with Crippen LogP contribution in [0.1, 0.15) is 12.8 Å². The Hall–Kier alpha value is -1.05. The molecular formula is C10H15NO3. The Balaban J connectivity index is 2.36. The monoisotopic (exact) mass is 197 g/mol. The zero-order valence-electron chi connectivity index (χ0n) is 8.32. The lowest BCUT2D eigenvalue weighted by Gasteiger charge is -2.20. The fourth-order valence-corrected chi connectivity index (χ4v) is 1.70. The summed E-state index contributed by atoms with van der Waals surface area (Å²) in [5.74, 6) is 3.69. The minimum atomic E-state index is -1.06. The maximum Gasteiger partial charge on any atom is 0.381 e. The maximum atomic E-state index is 10.2. The van der Waals surface area contributed by atoms with Crippen molar-refractivity contribution in [2.24, 2.45) is 0 Å². The molecule has 1 rings (SSSR count). The van der Waals surface area contributed by atoms with Crippen LogP contribution in [0.25, 0.3) is 0 Å². The van der Waals surface area contributed by atoms with E-state index >= 15 is 0 Å². The third kappa shape index (κ3) is 3.36. The molecule has 1 aliphatic rings. The molecule has 1 atom stereocenters. The summed E-state index contributed by atoms with van der Waals surface area (Å²) in [6, 6.07) is 0.406. The Morgan fingerprint density at radius 2 is 2.50 bits per heavy atom. The van der Waals surface area contributed by atoms with Crippen LogP contribution < -0.4 is 0 Å². The summed E-state index contributed by atoms with van der Waals surface area (Å²) in [4.78, 5) is 12.3. The van der Waals surface area contributed by atoms with E-state index in [4.69, 9.17) is 9.84 Å². The normalized spacial score (nSPS) is 21.6. The second-order valence-electron chi connectivity index (χ2n) is 3.33. The van der Waals surface area contributed by atoms with Gasteiger partial charge in [-0.25, -0.2) is 4.79 Å². The molecule has 0 bridgehead atoms. The molecule has 14 heavy (non-hydrogen) atoms. The highest BCUT2D eigenvalue weighted by atomic mass is 16.5. The van der Waals surface area contributed by atoms with Crippen molar-refractivity contribution in [3.63, 3.8) is 0 Å². The molecule has 0 aromatic carbocycles. The largest absolute Gasteiger partial charge is 0.472 e. The Morgan fingerprint density at radius 1 is 1.71 bits per heavy atom. The lowest BCUT2D eigenvalue weighted by atomic mass is 10.2. The van der Waals surface area contributed by atoms with Crippen LogP contribution in [0.3, 0.4) is 0 Å². The van der Waals surface area contributed by atoms with Crippen molar-refractivity contribution in [1.29, 1.82) is 0 Å². The minimum Gasteiger partial charge on any atom is -0.472 e. The molecule has 0 aromatic heterocycles. The van der Waals surface area contributed by atoms with Gasteiger partial charge in [-0.1, -0.05) is 5.92 Å². The number of ether oxygens (including phenoxy) is 1. The molecule has 0 amide bonds. The highest BCUT2D eigenvalue weighted by Crippen LogP contribution is 2.16. The minimum absolute atomic E-state index is 0.406. The first-order chi connectivity index (χ1) is 6.74. The van der Waals surface area contributed by atoms with Gasteiger partial charge in [-0.05, 0) is 19.4 Å². The van der Waals surface area contributed by atoms with E-state index in [1.807, 2.05) is 0 Å². The SMILES string of the molecule is COC[C@@H]1CCCN1CC#CC(=O)O. The number of nitrogens with zero attached hydrogens (tertiary/aromatic N) is 1. The van der Waals surface area contributed by atoms with Gasteiger partial charge >= 0.3 is 5.97 Å². The Bertz CT molecular complexity index is 254. The quantitative estimate of drug-likeness (QED) is 0.656. The molecule has 4 nitrogen and oxygen atoms in total. The molecule has 1 N–H and O–H groups in total. The number of hydrogen-bond acceptors (Lipinski definition) is 3. The van der Waals surface area contributed by atoms with Crippen molar-refractivity contribution in [3.05, 3.63) is 0 Å². The van der Waals surface area contributed by atoms with Crippen molar-refractivity contribution in [2.45, 2.75) is 18.9 Å². The zero-order valence-corrected chi connectivity index (χ0v) is 8.32. The van der Waals surface area contributed by atoms with Crippen LogP contribution in [0.5, 0.6) is 0 Å². The van der Waals surface area contributed by atoms with Gasteiger partial charge in [0.25, 0.3) is 0 Å². The average Bonchev–Trinajstić information content (AvgIpc) is 2.53. The summed E-state index contributed by atoms with van der Waals surface area (Å²) in [5.41, 5.74) is 0. The molecule has 1 saturated heterocycles. The van der Waals surface area contributed by atoms with Crippen LogP contribution in [0.15, 0.2) is 0 Å². The van der Waals surface area contributed by atoms with E-state index in [0.717, 1.165) is 19.4 Å². The van der Waals surface area contributed by atoms with Crippen molar-refractivity contribution < 1.29 is 14.6 Å². The number of rotatable bonds is 3. The summed E-state index contributed by atoms with van der Waals surface area (Å²) in [7, 11) is 1.68. The first-order valence-electron chi connectivity index (χ1n) is 4.69. The molecule has 1 fully saturated rings. The highest BCUT2D eigenvalue weighted by Gasteiger charge is 2.22. The van der Waals surface area contributed by atoms with Crippen molar-refractivity contribution >= 4 is 5.97 Å². The van der Waals surface area contributed by atoms with Gasteiger partial charge in [-0.15, -0.1) is 0 Å². The number of carboxylic acid groups (broad SMARTS) is 1. The maximum absolute atomic E-state index is 10.2. The summed E-state index contributed by atoms with van der Waals surface area (Å²) >= 11 is 0. The topological polar surface area (TPSA) is 49.8 Å². The van der Waals surface area contributed by atoms with Gasteiger partial charge in [0.2, 0.25) is 0 Å². The second kappa shape index (κ2) is 5.63. The van der Waals surface area contributed by atoms with E-state index in [0.29, 0.717) is 19.2 Å². The van der Waals surface area contributed by atoms with Gasteiger partial charge in [0.15, 0.2) is 0 Å². The lowest BCUT2D eigenvalue weighted by molar-refractivity contribution is -0.130. The van der Waals surface area contributed by atoms with Gasteiger partial charge in [-0.3, -0.25) is 4.90 Å². The third-order valence-electron chi connectivity index (χ3n) is 2.34. The Labute approximate surface area is 83.8 Å². The van der Waals surface area contributed by atoms with Crippen molar-refractivity contribution in [1.82, 2.24) is 4.90 Å². The van der Waals surface area contributed by atoms with E-state index in [-0.39, 0.29) is 0 Å². The molecule has 0 saturated carbocycles. The van der Waals surface area contributed by atoms with Crippen LogP contribution in [0.2, 0.25) is 0 Å². The molecular weight excluding hydrogens is 182 g/mol. The predicted octanol–water partition coefficient (Wildman–Crippen LogP) is 0.185. The lowest BCUT2D eigenvalue weighted by Crippen LogP contribution is -2.33. The molecule has 0 unspecified atom stereocenters. The summed E-state index contributed by atoms with van der Waals surface area (Å²) in [6.07, 6.45) is 2.26. The second-order valence-corrected chi connectivity index (χ2v) is 3.33. The molecule has 1 aliphatic heterocycles. The Morgan fingerprint density at radius 3 is 3.14 bits per heavy atom. The molecule has 0 aliphatic carbocycles. The van der Waals surface area contributed by atoms with Gasteiger partial charge in [-0.2, -0.15) is 0 Å². The standard InChI is InChI=1S/C10H15NO3/c1-14-8-9-4-2-6-11(9)7-3-5-10(12)13/h9H,2,4,6-8H2,1H3,(H,12,13)/t9-/m0/s1. The van der Waals surface area contributed by atoms with Crippen molar-refractivity contribution in [2.75, 3.05) is 26.8 Å². The number of aliphatic carboxylic acids is 1. The summed E-state index contributed by atoms with van der Waals surface area (Å²) < 4.78 is 5.08. The van der Waals surface area contributed by atoms with Crippen LogP contribution in [-0.4, -0.2) is 48.8 Å². The first-order valence-corrected chi connectivity index (χ1v) is 4.69. The first kappa shape index (κ1) is 11.0. The van der Waals surface area contributed by atoms with E-state index in [9.17, 15) is 4.79 Å². The summed E-state index contributed by atoms with van der Waals surface area (Å²) in [5, 5.41) is 8.34. The fraction of sp³-hybridized carbons (Fsp3) is 0.700. The molecule has 0 aromatic rings. The summed E-state index contributed by atoms with van der Waals surface area (Å²) in [6.45, 7) is 2.22. The van der Waals surface area contributed by atoms with Gasteiger partial charge < -0.3 is 9.84 Å². The Kier molecular flexibility index (Phi) is 4.44. The van der Waals surface area contributed by atoms with Crippen LogP contribution in [0, 0.1) is 11.8 Å².